The summed E-state index contributed by atoms with van der Waals surface area (Å²) >= 11 is 1.59. The fourth-order valence-corrected chi connectivity index (χ4v) is 2.48. The second kappa shape index (κ2) is 6.44. The zero-order valence-corrected chi connectivity index (χ0v) is 11.2. The maximum absolute atomic E-state index is 8.81. The number of aromatic nitrogens is 2. The third-order valence-corrected chi connectivity index (χ3v) is 3.57. The highest BCUT2D eigenvalue weighted by molar-refractivity contribution is 7.99. The molecule has 0 fully saturated rings. The van der Waals surface area contributed by atoms with Crippen LogP contribution in [0.4, 0.5) is 0 Å². The first-order valence-electron chi connectivity index (χ1n) is 5.56. The average Bonchev–Trinajstić information content (AvgIpc) is 2.33. The molecule has 0 atom stereocenters. The highest BCUT2D eigenvalue weighted by Gasteiger charge is 2.15. The van der Waals surface area contributed by atoms with E-state index in [2.05, 4.69) is 22.3 Å². The Hall–Kier alpha value is -1.30. The van der Waals surface area contributed by atoms with E-state index >= 15 is 0 Å². The molecule has 0 aliphatic rings. The van der Waals surface area contributed by atoms with Crippen LogP contribution in [0.15, 0.2) is 10.2 Å². The Bertz CT molecular complexity index is 420. The van der Waals surface area contributed by atoms with Gasteiger partial charge in [-0.25, -0.2) is 0 Å². The number of unbranched alkanes of at least 4 members (excludes halogenated alkanes) is 1. The molecule has 0 aliphatic carbocycles. The first-order valence-corrected chi connectivity index (χ1v) is 6.55. The highest BCUT2D eigenvalue weighted by Crippen LogP contribution is 2.24. The van der Waals surface area contributed by atoms with E-state index in [-0.39, 0.29) is 5.84 Å². The van der Waals surface area contributed by atoms with Crippen LogP contribution in [0, 0.1) is 13.8 Å². The second-order valence-corrected chi connectivity index (χ2v) is 4.86. The molecule has 0 unspecified atom stereocenters. The standard InChI is InChI=1S/C11H18N4OS/c1-4-5-6-17-11-9(10(12)15-16)7(2)8(3)13-14-11/h16H,4-6H2,1-3H3,(H2,12,15). The van der Waals surface area contributed by atoms with Gasteiger partial charge >= 0.3 is 0 Å². The van der Waals surface area contributed by atoms with Gasteiger partial charge in [-0.3, -0.25) is 0 Å². The van der Waals surface area contributed by atoms with Crippen LogP contribution in [0.3, 0.4) is 0 Å². The second-order valence-electron chi connectivity index (χ2n) is 3.78. The minimum absolute atomic E-state index is 0.0968. The molecule has 0 spiro atoms. The predicted octanol–water partition coefficient (Wildman–Crippen LogP) is 2.08. The van der Waals surface area contributed by atoms with Gasteiger partial charge < -0.3 is 10.9 Å². The molecular weight excluding hydrogens is 236 g/mol. The van der Waals surface area contributed by atoms with E-state index in [1.54, 1.807) is 11.8 Å². The molecule has 0 saturated heterocycles. The zero-order chi connectivity index (χ0) is 12.8. The molecule has 1 aromatic rings. The van der Waals surface area contributed by atoms with Crippen molar-refractivity contribution in [3.05, 3.63) is 16.8 Å². The van der Waals surface area contributed by atoms with Crippen molar-refractivity contribution < 1.29 is 5.21 Å². The fourth-order valence-electron chi connectivity index (χ4n) is 1.35. The van der Waals surface area contributed by atoms with Gasteiger partial charge in [-0.05, 0) is 31.6 Å². The van der Waals surface area contributed by atoms with Gasteiger partial charge in [-0.15, -0.1) is 16.9 Å². The van der Waals surface area contributed by atoms with Crippen molar-refractivity contribution in [3.63, 3.8) is 0 Å². The van der Waals surface area contributed by atoms with Crippen molar-refractivity contribution in [2.75, 3.05) is 5.75 Å². The Morgan fingerprint density at radius 3 is 2.71 bits per heavy atom. The minimum atomic E-state index is 0.0968. The number of rotatable bonds is 5. The van der Waals surface area contributed by atoms with Gasteiger partial charge in [0.15, 0.2) is 5.84 Å². The molecule has 0 aromatic carbocycles. The summed E-state index contributed by atoms with van der Waals surface area (Å²) in [5.41, 5.74) is 8.09. The van der Waals surface area contributed by atoms with E-state index < -0.39 is 0 Å². The molecule has 17 heavy (non-hydrogen) atoms. The molecule has 1 aromatic heterocycles. The quantitative estimate of drug-likeness (QED) is 0.210. The summed E-state index contributed by atoms with van der Waals surface area (Å²) in [6, 6.07) is 0. The molecule has 6 heteroatoms. The Labute approximate surface area is 106 Å². The van der Waals surface area contributed by atoms with Crippen LogP contribution in [0.25, 0.3) is 0 Å². The summed E-state index contributed by atoms with van der Waals surface area (Å²) in [5.74, 6) is 1.05. The first kappa shape index (κ1) is 13.8. The third kappa shape index (κ3) is 3.33. The molecule has 3 N–H and O–H groups in total. The topological polar surface area (TPSA) is 84.4 Å². The summed E-state index contributed by atoms with van der Waals surface area (Å²) in [4.78, 5) is 0. The summed E-state index contributed by atoms with van der Waals surface area (Å²) in [5, 5.41) is 20.8. The molecule has 0 amide bonds. The lowest BCUT2D eigenvalue weighted by Gasteiger charge is -2.10. The fraction of sp³-hybridized carbons (Fsp3) is 0.545. The molecular formula is C11H18N4OS. The number of nitrogens with zero attached hydrogens (tertiary/aromatic N) is 3. The van der Waals surface area contributed by atoms with Gasteiger partial charge in [0.2, 0.25) is 0 Å². The average molecular weight is 254 g/mol. The number of oxime groups is 1. The van der Waals surface area contributed by atoms with Crippen LogP contribution in [-0.2, 0) is 0 Å². The molecule has 1 rings (SSSR count). The number of nitrogens with two attached hydrogens (primary N) is 1. The SMILES string of the molecule is CCCCSc1nnc(C)c(C)c1/C(N)=N/O. The van der Waals surface area contributed by atoms with Crippen molar-refractivity contribution in [2.24, 2.45) is 10.9 Å². The predicted molar refractivity (Wildman–Crippen MR) is 69.6 cm³/mol. The van der Waals surface area contributed by atoms with Gasteiger partial charge in [-0.2, -0.15) is 5.10 Å². The molecule has 0 bridgehead atoms. The van der Waals surface area contributed by atoms with E-state index in [9.17, 15) is 0 Å². The normalized spacial score (nSPS) is 11.8. The molecule has 94 valence electrons. The van der Waals surface area contributed by atoms with Crippen molar-refractivity contribution in [1.29, 1.82) is 0 Å². The smallest absolute Gasteiger partial charge is 0.173 e. The first-order chi connectivity index (χ1) is 8.11. The summed E-state index contributed by atoms with van der Waals surface area (Å²) in [6.07, 6.45) is 2.24. The maximum atomic E-state index is 8.81. The van der Waals surface area contributed by atoms with Crippen LogP contribution in [-0.4, -0.2) is 27.0 Å². The number of thioether (sulfide) groups is 1. The van der Waals surface area contributed by atoms with Crippen LogP contribution in [0.5, 0.6) is 0 Å². The van der Waals surface area contributed by atoms with Gasteiger partial charge in [0.1, 0.15) is 5.03 Å². The van der Waals surface area contributed by atoms with Crippen LogP contribution >= 0.6 is 11.8 Å². The zero-order valence-electron chi connectivity index (χ0n) is 10.4. The van der Waals surface area contributed by atoms with Crippen molar-refractivity contribution in [2.45, 2.75) is 38.6 Å². The number of hydrogen-bond acceptors (Lipinski definition) is 5. The van der Waals surface area contributed by atoms with E-state index in [0.717, 1.165) is 34.9 Å². The Balaban J connectivity index is 3.07. The van der Waals surface area contributed by atoms with Crippen LogP contribution in [0.1, 0.15) is 36.6 Å². The van der Waals surface area contributed by atoms with Gasteiger partial charge in [-0.1, -0.05) is 18.5 Å². The monoisotopic (exact) mass is 254 g/mol. The Morgan fingerprint density at radius 1 is 1.41 bits per heavy atom. The Morgan fingerprint density at radius 2 is 2.12 bits per heavy atom. The molecule has 1 heterocycles. The largest absolute Gasteiger partial charge is 0.409 e. The number of amidine groups is 1. The molecule has 5 nitrogen and oxygen atoms in total. The summed E-state index contributed by atoms with van der Waals surface area (Å²) < 4.78 is 0. The van der Waals surface area contributed by atoms with Crippen LogP contribution < -0.4 is 5.73 Å². The number of hydrogen-bond donors (Lipinski definition) is 2. The van der Waals surface area contributed by atoms with E-state index in [1.165, 1.54) is 0 Å². The lowest BCUT2D eigenvalue weighted by molar-refractivity contribution is 0.318. The van der Waals surface area contributed by atoms with E-state index in [4.69, 9.17) is 10.9 Å². The van der Waals surface area contributed by atoms with Gasteiger partial charge in [0, 0.05) is 0 Å². The maximum Gasteiger partial charge on any atom is 0.173 e. The molecule has 0 aliphatic heterocycles. The molecule has 0 radical (unpaired) electrons. The van der Waals surface area contributed by atoms with Crippen molar-refractivity contribution in [1.82, 2.24) is 10.2 Å². The number of aryl methyl sites for hydroxylation is 1. The highest BCUT2D eigenvalue weighted by atomic mass is 32.2. The Kier molecular flexibility index (Phi) is 5.21. The van der Waals surface area contributed by atoms with Gasteiger partial charge in [0.25, 0.3) is 0 Å². The summed E-state index contributed by atoms with van der Waals surface area (Å²) in [6.45, 7) is 5.90. The van der Waals surface area contributed by atoms with Crippen LogP contribution in [0.2, 0.25) is 0 Å². The summed E-state index contributed by atoms with van der Waals surface area (Å²) in [7, 11) is 0. The minimum Gasteiger partial charge on any atom is -0.409 e. The van der Waals surface area contributed by atoms with E-state index in [1.807, 2.05) is 13.8 Å². The van der Waals surface area contributed by atoms with Crippen molar-refractivity contribution >= 4 is 17.6 Å². The molecule has 0 saturated carbocycles. The van der Waals surface area contributed by atoms with Crippen molar-refractivity contribution in [3.8, 4) is 0 Å². The lowest BCUT2D eigenvalue weighted by Crippen LogP contribution is -2.18. The van der Waals surface area contributed by atoms with E-state index in [0.29, 0.717) is 5.56 Å². The van der Waals surface area contributed by atoms with Gasteiger partial charge in [0.05, 0.1) is 11.3 Å². The third-order valence-electron chi connectivity index (χ3n) is 2.52. The lowest BCUT2D eigenvalue weighted by atomic mass is 10.1.